The molecule has 1 atom stereocenters. The number of carbonyl (C=O) groups is 2. The van der Waals surface area contributed by atoms with Crippen molar-refractivity contribution in [1.29, 1.82) is 0 Å². The number of halogens is 1. The number of H-pyrrole nitrogens is 1. The van der Waals surface area contributed by atoms with Crippen molar-refractivity contribution in [3.05, 3.63) is 33.2 Å². The van der Waals surface area contributed by atoms with E-state index in [1.54, 1.807) is 4.90 Å². The maximum Gasteiger partial charge on any atom is 0.261 e. The average molecular weight is 354 g/mol. The summed E-state index contributed by atoms with van der Waals surface area (Å²) in [5.74, 6) is -0.335. The van der Waals surface area contributed by atoms with Gasteiger partial charge in [0.2, 0.25) is 0 Å². The van der Waals surface area contributed by atoms with Crippen LogP contribution in [0.25, 0.3) is 0 Å². The van der Waals surface area contributed by atoms with Crippen molar-refractivity contribution >= 4 is 24.1 Å². The topological polar surface area (TPSA) is 96.3 Å². The minimum absolute atomic E-state index is 0. The molecule has 2 heterocycles. The maximum absolute atomic E-state index is 12.7. The van der Waals surface area contributed by atoms with Crippen molar-refractivity contribution in [2.24, 2.45) is 11.1 Å². The first-order chi connectivity index (χ1) is 10.8. The van der Waals surface area contributed by atoms with Crippen LogP contribution >= 0.6 is 12.4 Å². The van der Waals surface area contributed by atoms with Gasteiger partial charge in [-0.1, -0.05) is 13.8 Å². The summed E-state index contributed by atoms with van der Waals surface area (Å²) in [5.41, 5.74) is 6.30. The summed E-state index contributed by atoms with van der Waals surface area (Å²) in [6.45, 7) is 5.00. The fourth-order valence-corrected chi connectivity index (χ4v) is 3.69. The lowest BCUT2D eigenvalue weighted by atomic mass is 9.75. The number of pyridine rings is 1. The van der Waals surface area contributed by atoms with E-state index in [1.165, 1.54) is 6.07 Å². The highest BCUT2D eigenvalue weighted by molar-refractivity contribution is 6.02. The van der Waals surface area contributed by atoms with Crippen LogP contribution in [0.3, 0.4) is 0 Å². The number of Topliss-reactive ketones (excluding diaryl/α,β-unsaturated/α-hetero) is 1. The predicted octanol–water partition coefficient (Wildman–Crippen LogP) is 1.52. The van der Waals surface area contributed by atoms with Crippen LogP contribution in [0.1, 0.15) is 59.5 Å². The van der Waals surface area contributed by atoms with Crippen LogP contribution in [-0.2, 0) is 6.42 Å². The Morgan fingerprint density at radius 1 is 1.38 bits per heavy atom. The lowest BCUT2D eigenvalue weighted by Crippen LogP contribution is -2.42. The number of hydrogen-bond acceptors (Lipinski definition) is 4. The average Bonchev–Trinajstić information content (AvgIpc) is 2.93. The van der Waals surface area contributed by atoms with Crippen LogP contribution in [-0.4, -0.2) is 40.7 Å². The number of ketones is 1. The van der Waals surface area contributed by atoms with Crippen LogP contribution in [0.5, 0.6) is 0 Å². The highest BCUT2D eigenvalue weighted by Gasteiger charge is 2.34. The van der Waals surface area contributed by atoms with E-state index in [0.717, 1.165) is 12.8 Å². The number of aromatic amines is 1. The summed E-state index contributed by atoms with van der Waals surface area (Å²) < 4.78 is 0. The molecule has 0 spiro atoms. The number of nitrogens with one attached hydrogen (secondary N) is 1. The first kappa shape index (κ1) is 18.7. The number of nitrogens with two attached hydrogens (primary N) is 1. The van der Waals surface area contributed by atoms with E-state index in [4.69, 9.17) is 5.73 Å². The van der Waals surface area contributed by atoms with Gasteiger partial charge in [0.1, 0.15) is 5.56 Å². The van der Waals surface area contributed by atoms with Crippen LogP contribution in [0.4, 0.5) is 0 Å². The van der Waals surface area contributed by atoms with Gasteiger partial charge in [0.05, 0.1) is 0 Å². The maximum atomic E-state index is 12.7. The Kier molecular flexibility index (Phi) is 5.20. The predicted molar refractivity (Wildman–Crippen MR) is 93.9 cm³/mol. The van der Waals surface area contributed by atoms with Crippen molar-refractivity contribution < 1.29 is 9.59 Å². The molecule has 3 rings (SSSR count). The van der Waals surface area contributed by atoms with Crippen LogP contribution in [0, 0.1) is 5.41 Å². The molecule has 1 fully saturated rings. The van der Waals surface area contributed by atoms with E-state index in [1.807, 2.05) is 13.8 Å². The first-order valence-electron chi connectivity index (χ1n) is 8.13. The van der Waals surface area contributed by atoms with Gasteiger partial charge in [0.25, 0.3) is 11.5 Å². The van der Waals surface area contributed by atoms with E-state index in [9.17, 15) is 14.4 Å². The molecule has 1 aliphatic heterocycles. The molecule has 24 heavy (non-hydrogen) atoms. The number of likely N-dealkylation sites (tertiary alicyclic amines) is 1. The lowest BCUT2D eigenvalue weighted by molar-refractivity contribution is 0.0739. The third-order valence-electron chi connectivity index (χ3n) is 4.86. The molecule has 0 aromatic carbocycles. The number of amides is 1. The molecule has 7 heteroatoms. The second-order valence-corrected chi connectivity index (χ2v) is 7.38. The Bertz CT molecular complexity index is 726. The Hall–Kier alpha value is -1.66. The van der Waals surface area contributed by atoms with Gasteiger partial charge < -0.3 is 15.6 Å². The molecule has 0 saturated carbocycles. The highest BCUT2D eigenvalue weighted by atomic mass is 35.5. The number of hydrogen-bond donors (Lipinski definition) is 2. The number of carbonyl (C=O) groups excluding carboxylic acids is 2. The highest BCUT2D eigenvalue weighted by Crippen LogP contribution is 2.33. The third kappa shape index (κ3) is 3.26. The normalized spacial score (nSPS) is 22.0. The molecule has 132 valence electrons. The van der Waals surface area contributed by atoms with Gasteiger partial charge in [0.15, 0.2) is 5.78 Å². The van der Waals surface area contributed by atoms with Crippen molar-refractivity contribution in [2.75, 3.05) is 13.1 Å². The lowest BCUT2D eigenvalue weighted by Gasteiger charge is -2.30. The molecule has 0 bridgehead atoms. The molecule has 6 nitrogen and oxygen atoms in total. The van der Waals surface area contributed by atoms with Crippen molar-refractivity contribution in [1.82, 2.24) is 9.88 Å². The molecule has 1 saturated heterocycles. The first-order valence-corrected chi connectivity index (χ1v) is 8.13. The third-order valence-corrected chi connectivity index (χ3v) is 4.86. The van der Waals surface area contributed by atoms with Crippen molar-refractivity contribution in [2.45, 2.75) is 45.6 Å². The van der Waals surface area contributed by atoms with Crippen LogP contribution in [0.15, 0.2) is 10.9 Å². The fraction of sp³-hybridized carbons (Fsp3) is 0.588. The number of aromatic nitrogens is 1. The van der Waals surface area contributed by atoms with Gasteiger partial charge >= 0.3 is 0 Å². The van der Waals surface area contributed by atoms with E-state index < -0.39 is 5.56 Å². The quantitative estimate of drug-likeness (QED) is 0.842. The minimum atomic E-state index is -0.415. The summed E-state index contributed by atoms with van der Waals surface area (Å²) in [4.78, 5) is 41.8. The molecule has 0 radical (unpaired) electrons. The molecular formula is C17H24ClN3O3. The Labute approximate surface area is 147 Å². The SMILES string of the molecule is CC1(C)CC(=O)c2cc(C(=O)N3CCCC3CN)c(=O)[nH]c2C1.Cl. The molecule has 1 amide bonds. The Balaban J connectivity index is 0.00000208. The molecule has 1 aromatic heterocycles. The smallest absolute Gasteiger partial charge is 0.261 e. The summed E-state index contributed by atoms with van der Waals surface area (Å²) in [6.07, 6.45) is 2.81. The summed E-state index contributed by atoms with van der Waals surface area (Å²) in [7, 11) is 0. The van der Waals surface area contributed by atoms with Gasteiger partial charge in [0, 0.05) is 36.8 Å². The molecule has 2 aliphatic rings. The summed E-state index contributed by atoms with van der Waals surface area (Å²) >= 11 is 0. The van der Waals surface area contributed by atoms with Gasteiger partial charge in [-0.25, -0.2) is 0 Å². The second kappa shape index (κ2) is 6.69. The van der Waals surface area contributed by atoms with Crippen LogP contribution in [0.2, 0.25) is 0 Å². The monoisotopic (exact) mass is 353 g/mol. The largest absolute Gasteiger partial charge is 0.334 e. The summed E-state index contributed by atoms with van der Waals surface area (Å²) in [5, 5.41) is 0. The number of nitrogens with zero attached hydrogens (tertiary/aromatic N) is 1. The zero-order chi connectivity index (χ0) is 16.8. The minimum Gasteiger partial charge on any atom is -0.334 e. The van der Waals surface area contributed by atoms with E-state index in [2.05, 4.69) is 4.98 Å². The standard InChI is InChI=1S/C17H23N3O3.ClH/c1-17(2)7-13-11(14(21)8-17)6-12(15(22)19-13)16(23)20-5-3-4-10(20)9-18;/h6,10H,3-5,7-9,18H2,1-2H3,(H,19,22);1H. The summed E-state index contributed by atoms with van der Waals surface area (Å²) in [6, 6.07) is 1.47. The van der Waals surface area contributed by atoms with Gasteiger partial charge in [-0.05, 0) is 30.7 Å². The number of rotatable bonds is 2. The fourth-order valence-electron chi connectivity index (χ4n) is 3.69. The van der Waals surface area contributed by atoms with E-state index in [-0.39, 0.29) is 41.1 Å². The second-order valence-electron chi connectivity index (χ2n) is 7.38. The zero-order valence-electron chi connectivity index (χ0n) is 14.1. The molecular weight excluding hydrogens is 330 g/mol. The number of fused-ring (bicyclic) bond motifs is 1. The Morgan fingerprint density at radius 2 is 2.08 bits per heavy atom. The molecule has 1 unspecified atom stereocenters. The zero-order valence-corrected chi connectivity index (χ0v) is 14.9. The molecule has 1 aromatic rings. The van der Waals surface area contributed by atoms with Crippen LogP contribution < -0.4 is 11.3 Å². The van der Waals surface area contributed by atoms with Gasteiger partial charge in [-0.15, -0.1) is 12.4 Å². The Morgan fingerprint density at radius 3 is 2.75 bits per heavy atom. The van der Waals surface area contributed by atoms with E-state index in [0.29, 0.717) is 37.2 Å². The molecule has 1 aliphatic carbocycles. The van der Waals surface area contributed by atoms with Gasteiger partial charge in [-0.2, -0.15) is 0 Å². The van der Waals surface area contributed by atoms with E-state index >= 15 is 0 Å². The van der Waals surface area contributed by atoms with Crippen molar-refractivity contribution in [3.63, 3.8) is 0 Å². The van der Waals surface area contributed by atoms with Gasteiger partial charge in [-0.3, -0.25) is 14.4 Å². The molecule has 3 N–H and O–H groups in total. The van der Waals surface area contributed by atoms with Crippen molar-refractivity contribution in [3.8, 4) is 0 Å².